The summed E-state index contributed by atoms with van der Waals surface area (Å²) in [6.45, 7) is 4.76. The predicted molar refractivity (Wildman–Crippen MR) is 77.4 cm³/mol. The van der Waals surface area contributed by atoms with Crippen molar-refractivity contribution in [2.75, 3.05) is 7.11 Å². The Bertz CT molecular complexity index is 637. The van der Waals surface area contributed by atoms with Gasteiger partial charge < -0.3 is 4.74 Å². The highest BCUT2D eigenvalue weighted by atomic mass is 32.2. The number of carbonyl (C=O) groups excluding carboxylic acids is 2. The number of sulfonamides is 1. The summed E-state index contributed by atoms with van der Waals surface area (Å²) in [7, 11) is -2.72. The number of ketones is 1. The molecule has 0 spiro atoms. The lowest BCUT2D eigenvalue weighted by Crippen LogP contribution is -2.44. The maximum absolute atomic E-state index is 12.3. The Kier molecular flexibility index (Phi) is 5.62. The van der Waals surface area contributed by atoms with Crippen molar-refractivity contribution in [2.24, 2.45) is 5.92 Å². The van der Waals surface area contributed by atoms with Crippen molar-refractivity contribution in [1.82, 2.24) is 4.72 Å². The normalized spacial score (nSPS) is 13.0. The molecule has 1 aromatic rings. The molecule has 0 aliphatic heterocycles. The molecule has 0 aliphatic carbocycles. The predicted octanol–water partition coefficient (Wildman–Crippen LogP) is 1.37. The second kappa shape index (κ2) is 6.82. The van der Waals surface area contributed by atoms with Crippen molar-refractivity contribution >= 4 is 21.8 Å². The van der Waals surface area contributed by atoms with Crippen LogP contribution >= 0.6 is 0 Å². The van der Waals surface area contributed by atoms with Crippen molar-refractivity contribution in [3.8, 4) is 0 Å². The molecule has 0 aromatic heterocycles. The molecule has 0 unspecified atom stereocenters. The summed E-state index contributed by atoms with van der Waals surface area (Å²) in [5.74, 6) is -1.17. The zero-order chi connectivity index (χ0) is 16.2. The van der Waals surface area contributed by atoms with E-state index in [1.807, 2.05) is 0 Å². The molecule has 1 atom stereocenters. The summed E-state index contributed by atoms with van der Waals surface area (Å²) >= 11 is 0. The summed E-state index contributed by atoms with van der Waals surface area (Å²) in [4.78, 5) is 22.9. The van der Waals surface area contributed by atoms with Crippen LogP contribution < -0.4 is 4.72 Å². The third-order valence-corrected chi connectivity index (χ3v) is 4.39. The molecule has 0 bridgehead atoms. The number of methoxy groups -OCH3 is 1. The molecule has 116 valence electrons. The molecule has 0 aliphatic rings. The largest absolute Gasteiger partial charge is 0.468 e. The molecule has 0 amide bonds. The van der Waals surface area contributed by atoms with E-state index >= 15 is 0 Å². The second-order valence-corrected chi connectivity index (χ2v) is 6.66. The maximum atomic E-state index is 12.3. The van der Waals surface area contributed by atoms with E-state index in [1.54, 1.807) is 13.8 Å². The summed E-state index contributed by atoms with van der Waals surface area (Å²) in [5, 5.41) is 0. The molecule has 0 saturated carbocycles. The Hall–Kier alpha value is -1.73. The average molecular weight is 313 g/mol. The molecule has 21 heavy (non-hydrogen) atoms. The van der Waals surface area contributed by atoms with E-state index in [1.165, 1.54) is 38.3 Å². The fraction of sp³-hybridized carbons (Fsp3) is 0.429. The van der Waals surface area contributed by atoms with E-state index in [4.69, 9.17) is 0 Å². The van der Waals surface area contributed by atoms with Crippen LogP contribution in [0, 0.1) is 5.92 Å². The van der Waals surface area contributed by atoms with Crippen molar-refractivity contribution in [3.63, 3.8) is 0 Å². The lowest BCUT2D eigenvalue weighted by atomic mass is 10.1. The number of nitrogens with one attached hydrogen (secondary N) is 1. The van der Waals surface area contributed by atoms with Crippen molar-refractivity contribution < 1.29 is 22.7 Å². The summed E-state index contributed by atoms with van der Waals surface area (Å²) in [6, 6.07) is 4.67. The van der Waals surface area contributed by atoms with Crippen LogP contribution in [0.1, 0.15) is 31.1 Å². The van der Waals surface area contributed by atoms with Crippen LogP contribution in [0.4, 0.5) is 0 Å². The standard InChI is InChI=1S/C14H19NO5S/c1-9(2)13(14(17)20-4)15-21(18,19)12-7-5-6-11(8-12)10(3)16/h5-9,13,15H,1-4H3/t13-/m0/s1. The molecule has 7 heteroatoms. The zero-order valence-electron chi connectivity index (χ0n) is 12.4. The van der Waals surface area contributed by atoms with Gasteiger partial charge in [-0.05, 0) is 25.0 Å². The van der Waals surface area contributed by atoms with Gasteiger partial charge in [-0.2, -0.15) is 4.72 Å². The van der Waals surface area contributed by atoms with Gasteiger partial charge in [0.25, 0.3) is 0 Å². The van der Waals surface area contributed by atoms with Crippen molar-refractivity contribution in [2.45, 2.75) is 31.7 Å². The summed E-state index contributed by atoms with van der Waals surface area (Å²) in [5.41, 5.74) is 0.289. The lowest BCUT2D eigenvalue weighted by molar-refractivity contribution is -0.143. The Morgan fingerprint density at radius 3 is 2.33 bits per heavy atom. The van der Waals surface area contributed by atoms with Gasteiger partial charge >= 0.3 is 5.97 Å². The monoisotopic (exact) mass is 313 g/mol. The number of hydrogen-bond acceptors (Lipinski definition) is 5. The summed E-state index contributed by atoms with van der Waals surface area (Å²) < 4.78 is 31.5. The number of ether oxygens (including phenoxy) is 1. The highest BCUT2D eigenvalue weighted by Gasteiger charge is 2.29. The molecule has 1 rings (SSSR count). The zero-order valence-corrected chi connectivity index (χ0v) is 13.2. The third-order valence-electron chi connectivity index (χ3n) is 2.95. The second-order valence-electron chi connectivity index (χ2n) is 4.95. The first-order valence-corrected chi connectivity index (χ1v) is 7.88. The lowest BCUT2D eigenvalue weighted by Gasteiger charge is -2.19. The Balaban J connectivity index is 3.13. The van der Waals surface area contributed by atoms with E-state index in [0.29, 0.717) is 0 Å². The van der Waals surface area contributed by atoms with Crippen LogP contribution in [0.15, 0.2) is 29.2 Å². The van der Waals surface area contributed by atoms with Gasteiger partial charge in [-0.25, -0.2) is 8.42 Å². The van der Waals surface area contributed by atoms with Crippen LogP contribution in [0.25, 0.3) is 0 Å². The smallest absolute Gasteiger partial charge is 0.324 e. The minimum atomic E-state index is -3.92. The van der Waals surface area contributed by atoms with E-state index in [9.17, 15) is 18.0 Å². The van der Waals surface area contributed by atoms with E-state index < -0.39 is 22.0 Å². The van der Waals surface area contributed by atoms with Crippen LogP contribution in [0.2, 0.25) is 0 Å². The molecule has 0 radical (unpaired) electrons. The molecule has 0 heterocycles. The van der Waals surface area contributed by atoms with Gasteiger partial charge in [0, 0.05) is 5.56 Å². The fourth-order valence-corrected chi connectivity index (χ4v) is 3.08. The first-order chi connectivity index (χ1) is 9.69. The SMILES string of the molecule is COC(=O)[C@@H](NS(=O)(=O)c1cccc(C(C)=O)c1)C(C)C. The van der Waals surface area contributed by atoms with Gasteiger partial charge in [-0.15, -0.1) is 0 Å². The summed E-state index contributed by atoms with van der Waals surface area (Å²) in [6.07, 6.45) is 0. The van der Waals surface area contributed by atoms with E-state index in [2.05, 4.69) is 9.46 Å². The van der Waals surface area contributed by atoms with E-state index in [-0.39, 0.29) is 22.2 Å². The van der Waals surface area contributed by atoms with Crippen LogP contribution in [-0.2, 0) is 19.6 Å². The number of esters is 1. The third kappa shape index (κ3) is 4.37. The van der Waals surface area contributed by atoms with Crippen molar-refractivity contribution in [1.29, 1.82) is 0 Å². The Labute approximate surface area is 124 Å². The highest BCUT2D eigenvalue weighted by molar-refractivity contribution is 7.89. The first-order valence-electron chi connectivity index (χ1n) is 6.40. The fourth-order valence-electron chi connectivity index (χ4n) is 1.70. The molecule has 0 saturated heterocycles. The number of Topliss-reactive ketones (excluding diaryl/α,β-unsaturated/α-hetero) is 1. The molecular weight excluding hydrogens is 294 g/mol. The number of rotatable bonds is 6. The Morgan fingerprint density at radius 2 is 1.86 bits per heavy atom. The molecular formula is C14H19NO5S. The molecule has 0 fully saturated rings. The molecule has 1 aromatic carbocycles. The molecule has 6 nitrogen and oxygen atoms in total. The van der Waals surface area contributed by atoms with Gasteiger partial charge in [-0.3, -0.25) is 9.59 Å². The van der Waals surface area contributed by atoms with Gasteiger partial charge in [0.1, 0.15) is 6.04 Å². The van der Waals surface area contributed by atoms with Gasteiger partial charge in [0.05, 0.1) is 12.0 Å². The maximum Gasteiger partial charge on any atom is 0.324 e. The van der Waals surface area contributed by atoms with E-state index in [0.717, 1.165) is 0 Å². The van der Waals surface area contributed by atoms with Gasteiger partial charge in [0.15, 0.2) is 5.78 Å². The van der Waals surface area contributed by atoms with Gasteiger partial charge in [0.2, 0.25) is 10.0 Å². The average Bonchev–Trinajstić information content (AvgIpc) is 2.43. The molecule has 1 N–H and O–H groups in total. The number of benzene rings is 1. The van der Waals surface area contributed by atoms with Gasteiger partial charge in [-0.1, -0.05) is 26.0 Å². The minimum Gasteiger partial charge on any atom is -0.468 e. The van der Waals surface area contributed by atoms with Crippen LogP contribution in [0.5, 0.6) is 0 Å². The topological polar surface area (TPSA) is 89.5 Å². The Morgan fingerprint density at radius 1 is 1.24 bits per heavy atom. The number of carbonyl (C=O) groups is 2. The first kappa shape index (κ1) is 17.3. The minimum absolute atomic E-state index is 0.0650. The van der Waals surface area contributed by atoms with Crippen LogP contribution in [0.3, 0.4) is 0 Å². The van der Waals surface area contributed by atoms with Crippen molar-refractivity contribution in [3.05, 3.63) is 29.8 Å². The highest BCUT2D eigenvalue weighted by Crippen LogP contribution is 2.14. The number of hydrogen-bond donors (Lipinski definition) is 1. The quantitative estimate of drug-likeness (QED) is 0.633. The van der Waals surface area contributed by atoms with Crippen LogP contribution in [-0.4, -0.2) is 33.3 Å².